The summed E-state index contributed by atoms with van der Waals surface area (Å²) in [7, 11) is 0. The van der Waals surface area contributed by atoms with Gasteiger partial charge >= 0.3 is 6.18 Å². The van der Waals surface area contributed by atoms with Gasteiger partial charge in [0, 0.05) is 24.5 Å². The Morgan fingerprint density at radius 3 is 2.45 bits per heavy atom. The van der Waals surface area contributed by atoms with Crippen LogP contribution in [0.4, 0.5) is 18.9 Å². The first-order valence-corrected chi connectivity index (χ1v) is 10.7. The molecule has 1 unspecified atom stereocenters. The topological polar surface area (TPSA) is 24.1 Å². The zero-order chi connectivity index (χ0) is 23.0. The Morgan fingerprint density at radius 2 is 1.77 bits per heavy atom. The highest BCUT2D eigenvalue weighted by molar-refractivity contribution is 5.55. The second-order valence-corrected chi connectivity index (χ2v) is 8.55. The Morgan fingerprint density at radius 1 is 1.06 bits per heavy atom. The van der Waals surface area contributed by atoms with Gasteiger partial charge in [0.25, 0.3) is 0 Å². The molecule has 2 N–H and O–H groups in total. The summed E-state index contributed by atoms with van der Waals surface area (Å²) in [5.74, 6) is 0.929. The van der Waals surface area contributed by atoms with Crippen LogP contribution in [0.3, 0.4) is 0 Å². The van der Waals surface area contributed by atoms with E-state index in [1.54, 1.807) is 18.2 Å². The van der Waals surface area contributed by atoms with Crippen LogP contribution in [0, 0.1) is 18.8 Å². The highest BCUT2D eigenvalue weighted by Crippen LogP contribution is 2.29. The van der Waals surface area contributed by atoms with E-state index in [4.69, 9.17) is 0 Å². The van der Waals surface area contributed by atoms with Gasteiger partial charge in [-0.1, -0.05) is 57.7 Å². The van der Waals surface area contributed by atoms with Crippen LogP contribution in [0.15, 0.2) is 60.8 Å². The number of benzene rings is 2. The molecule has 0 aliphatic carbocycles. The summed E-state index contributed by atoms with van der Waals surface area (Å²) in [6, 6.07) is 11.6. The molecular weight excluding hydrogens is 397 g/mol. The normalized spacial score (nSPS) is 12.9. The smallest absolute Gasteiger partial charge is 0.385 e. The van der Waals surface area contributed by atoms with Crippen molar-refractivity contribution in [2.24, 2.45) is 11.8 Å². The number of halogens is 3. The summed E-state index contributed by atoms with van der Waals surface area (Å²) in [4.78, 5) is 0. The predicted octanol–water partition coefficient (Wildman–Crippen LogP) is 7.08. The lowest BCUT2D eigenvalue weighted by molar-refractivity contribution is -0.137. The highest BCUT2D eigenvalue weighted by Gasteiger charge is 2.30. The van der Waals surface area contributed by atoms with E-state index in [0.717, 1.165) is 25.1 Å². The summed E-state index contributed by atoms with van der Waals surface area (Å²) in [6.45, 7) is 14.2. The maximum absolute atomic E-state index is 12.8. The average Bonchev–Trinajstić information content (AvgIpc) is 2.70. The van der Waals surface area contributed by atoms with Crippen molar-refractivity contribution in [3.63, 3.8) is 0 Å². The number of allylic oxidation sites excluding steroid dienone is 1. The van der Waals surface area contributed by atoms with Crippen LogP contribution in [0.1, 0.15) is 43.0 Å². The van der Waals surface area contributed by atoms with Crippen molar-refractivity contribution in [1.82, 2.24) is 5.32 Å². The van der Waals surface area contributed by atoms with Crippen molar-refractivity contribution >= 4 is 11.8 Å². The molecule has 0 aliphatic rings. The van der Waals surface area contributed by atoms with E-state index in [9.17, 15) is 13.2 Å². The molecule has 2 rings (SSSR count). The average molecular weight is 431 g/mol. The SMILES string of the molecule is C=C(/C=C/c1cccc(C(F)(F)F)c1)NCC(C)CNc1cccc(C)c1CC(C)C. The monoisotopic (exact) mass is 430 g/mol. The number of aryl methyl sites for hydroxylation is 1. The van der Waals surface area contributed by atoms with E-state index < -0.39 is 11.7 Å². The fraction of sp³-hybridized carbons (Fsp3) is 0.385. The lowest BCUT2D eigenvalue weighted by atomic mass is 9.96. The minimum atomic E-state index is -4.34. The molecule has 31 heavy (non-hydrogen) atoms. The Balaban J connectivity index is 1.85. The zero-order valence-electron chi connectivity index (χ0n) is 18.8. The number of alkyl halides is 3. The molecule has 5 heteroatoms. The fourth-order valence-electron chi connectivity index (χ4n) is 3.28. The van der Waals surface area contributed by atoms with Crippen molar-refractivity contribution in [2.45, 2.75) is 40.3 Å². The lowest BCUT2D eigenvalue weighted by Gasteiger charge is -2.19. The van der Waals surface area contributed by atoms with Crippen LogP contribution in [-0.2, 0) is 12.6 Å². The van der Waals surface area contributed by atoms with Gasteiger partial charge in [0.15, 0.2) is 0 Å². The third-order valence-electron chi connectivity index (χ3n) is 5.03. The third kappa shape index (κ3) is 8.16. The molecule has 0 aliphatic heterocycles. The van der Waals surface area contributed by atoms with Gasteiger partial charge in [0.2, 0.25) is 0 Å². The minimum Gasteiger partial charge on any atom is -0.385 e. The fourth-order valence-corrected chi connectivity index (χ4v) is 3.28. The quantitative estimate of drug-likeness (QED) is 0.394. The highest BCUT2D eigenvalue weighted by atomic mass is 19.4. The maximum atomic E-state index is 12.8. The summed E-state index contributed by atoms with van der Waals surface area (Å²) < 4.78 is 38.5. The zero-order valence-corrected chi connectivity index (χ0v) is 18.8. The van der Waals surface area contributed by atoms with E-state index >= 15 is 0 Å². The minimum absolute atomic E-state index is 0.339. The first-order valence-electron chi connectivity index (χ1n) is 10.7. The van der Waals surface area contributed by atoms with E-state index in [1.807, 2.05) is 0 Å². The van der Waals surface area contributed by atoms with Crippen molar-refractivity contribution in [3.05, 3.63) is 83.1 Å². The van der Waals surface area contributed by atoms with Gasteiger partial charge < -0.3 is 10.6 Å². The molecule has 0 bridgehead atoms. The van der Waals surface area contributed by atoms with E-state index in [0.29, 0.717) is 29.6 Å². The molecule has 168 valence electrons. The van der Waals surface area contributed by atoms with E-state index in [2.05, 4.69) is 63.1 Å². The van der Waals surface area contributed by atoms with Gasteiger partial charge in [-0.3, -0.25) is 0 Å². The second kappa shape index (κ2) is 11.1. The number of rotatable bonds is 10. The summed E-state index contributed by atoms with van der Waals surface area (Å²) in [6.07, 6.45) is 0.0437. The molecule has 0 saturated carbocycles. The third-order valence-corrected chi connectivity index (χ3v) is 5.03. The molecule has 0 heterocycles. The van der Waals surface area contributed by atoms with Crippen LogP contribution in [0.2, 0.25) is 0 Å². The van der Waals surface area contributed by atoms with E-state index in [-0.39, 0.29) is 0 Å². The Hall–Kier alpha value is -2.69. The molecular formula is C26H33F3N2. The molecule has 0 radical (unpaired) electrons. The largest absolute Gasteiger partial charge is 0.416 e. The summed E-state index contributed by atoms with van der Waals surface area (Å²) in [5, 5.41) is 6.82. The van der Waals surface area contributed by atoms with Gasteiger partial charge in [-0.15, -0.1) is 0 Å². The number of hydrogen-bond donors (Lipinski definition) is 2. The standard InChI is InChI=1S/C26H33F3N2/c1-18(2)14-24-20(4)8-6-11-25(24)31-17-19(3)16-30-21(5)12-13-22-9-7-10-23(15-22)26(27,28)29/h6-13,15,18-19,30-31H,5,14,16-17H2,1-4H3/b13-12+. The van der Waals surface area contributed by atoms with Crippen LogP contribution in [0.25, 0.3) is 6.08 Å². The number of nitrogens with one attached hydrogen (secondary N) is 2. The molecule has 0 aromatic heterocycles. The van der Waals surface area contributed by atoms with Crippen molar-refractivity contribution in [3.8, 4) is 0 Å². The molecule has 2 aromatic rings. The Labute approximate surface area is 184 Å². The number of hydrogen-bond acceptors (Lipinski definition) is 2. The van der Waals surface area contributed by atoms with Crippen LogP contribution in [-0.4, -0.2) is 13.1 Å². The van der Waals surface area contributed by atoms with Gasteiger partial charge in [-0.05, 0) is 66.1 Å². The van der Waals surface area contributed by atoms with Gasteiger partial charge in [0.05, 0.1) is 5.56 Å². The molecule has 0 amide bonds. The van der Waals surface area contributed by atoms with Gasteiger partial charge in [-0.25, -0.2) is 0 Å². The van der Waals surface area contributed by atoms with Crippen LogP contribution in [0.5, 0.6) is 0 Å². The second-order valence-electron chi connectivity index (χ2n) is 8.55. The van der Waals surface area contributed by atoms with Crippen molar-refractivity contribution < 1.29 is 13.2 Å². The Kier molecular flexibility index (Phi) is 8.78. The van der Waals surface area contributed by atoms with E-state index in [1.165, 1.54) is 22.9 Å². The number of anilines is 1. The molecule has 2 nitrogen and oxygen atoms in total. The molecule has 0 spiro atoms. The first-order chi connectivity index (χ1) is 14.6. The van der Waals surface area contributed by atoms with Crippen molar-refractivity contribution in [2.75, 3.05) is 18.4 Å². The summed E-state index contributed by atoms with van der Waals surface area (Å²) in [5.41, 5.74) is 4.36. The maximum Gasteiger partial charge on any atom is 0.416 e. The van der Waals surface area contributed by atoms with Crippen molar-refractivity contribution in [1.29, 1.82) is 0 Å². The molecule has 1 atom stereocenters. The van der Waals surface area contributed by atoms with Gasteiger partial charge in [-0.2, -0.15) is 13.2 Å². The lowest BCUT2D eigenvalue weighted by Crippen LogP contribution is -2.25. The summed E-state index contributed by atoms with van der Waals surface area (Å²) >= 11 is 0. The predicted molar refractivity (Wildman–Crippen MR) is 125 cm³/mol. The first kappa shape index (κ1) is 24.6. The molecule has 2 aromatic carbocycles. The Bertz CT molecular complexity index is 898. The molecule has 0 saturated heterocycles. The van der Waals surface area contributed by atoms with Gasteiger partial charge in [0.1, 0.15) is 0 Å². The molecule has 0 fully saturated rings. The van der Waals surface area contributed by atoms with Crippen LogP contribution < -0.4 is 10.6 Å². The van der Waals surface area contributed by atoms with Crippen LogP contribution >= 0.6 is 0 Å².